The van der Waals surface area contributed by atoms with E-state index in [2.05, 4.69) is 63.5 Å². The number of hydrogen-bond acceptors (Lipinski definition) is 22. The van der Waals surface area contributed by atoms with Gasteiger partial charge in [-0.3, -0.25) is 9.59 Å². The number of ether oxygens (including phenoxy) is 4. The molecule has 4 N–H and O–H groups in total. The van der Waals surface area contributed by atoms with E-state index >= 15 is 0 Å². The number of pyridine rings is 1. The number of nitrogen functional groups attached to an aromatic ring is 1. The first-order valence-electron chi connectivity index (χ1n) is 31.3. The van der Waals surface area contributed by atoms with Crippen molar-refractivity contribution in [2.45, 2.75) is 158 Å². The van der Waals surface area contributed by atoms with Crippen LogP contribution in [0.1, 0.15) is 121 Å². The van der Waals surface area contributed by atoms with Crippen LogP contribution in [-0.4, -0.2) is 174 Å². The molecule has 2 amide bonds. The number of aromatic nitrogens is 4. The Balaban J connectivity index is 0.622. The molecule has 1 saturated carbocycles. The molecule has 3 aromatic heterocycles. The molecule has 6 fully saturated rings. The number of nitriles is 1. The zero-order valence-electron chi connectivity index (χ0n) is 51.4. The number of nitrogens with two attached hydrogens (primary N) is 1. The lowest BCUT2D eigenvalue weighted by Gasteiger charge is -2.43. The number of likely N-dealkylation sites (tertiary alicyclic amines) is 2. The molecule has 2 bridgehead atoms. The van der Waals surface area contributed by atoms with Crippen molar-refractivity contribution in [3.8, 4) is 29.0 Å². The maximum absolute atomic E-state index is 14.8. The lowest BCUT2D eigenvalue weighted by molar-refractivity contribution is -0.141. The first kappa shape index (κ1) is 63.2. The fourth-order valence-electron chi connectivity index (χ4n) is 13.6. The summed E-state index contributed by atoms with van der Waals surface area (Å²) in [5, 5.41) is 35.3. The lowest BCUT2D eigenvalue weighted by Crippen LogP contribution is -2.54. The van der Waals surface area contributed by atoms with Crippen molar-refractivity contribution in [1.82, 2.24) is 35.5 Å². The number of phenolic OH excluding ortho intramolecular Hbond substituents is 1. The Morgan fingerprint density at radius 2 is 1.56 bits per heavy atom. The summed E-state index contributed by atoms with van der Waals surface area (Å²) in [6.07, 6.45) is 8.39. The predicted molar refractivity (Wildman–Crippen MR) is 337 cm³/mol. The molecule has 5 saturated heterocycles. The van der Waals surface area contributed by atoms with Gasteiger partial charge in [0.25, 0.3) is 0 Å². The highest BCUT2D eigenvalue weighted by atomic mass is 33.1. The van der Waals surface area contributed by atoms with Crippen molar-refractivity contribution >= 4 is 60.6 Å². The van der Waals surface area contributed by atoms with Gasteiger partial charge in [0.1, 0.15) is 36.0 Å². The molecule has 11 rings (SSSR count). The van der Waals surface area contributed by atoms with Crippen LogP contribution in [0.5, 0.6) is 11.6 Å². The van der Waals surface area contributed by atoms with Gasteiger partial charge in [0.15, 0.2) is 26.3 Å². The summed E-state index contributed by atoms with van der Waals surface area (Å²) in [4.78, 5) is 57.8. The van der Waals surface area contributed by atoms with Gasteiger partial charge in [0, 0.05) is 113 Å². The number of carbonyl (C=O) groups excluding carboxylic acids is 3. The van der Waals surface area contributed by atoms with Gasteiger partial charge in [-0.05, 0) is 124 Å². The fourth-order valence-corrected chi connectivity index (χ4v) is 16.5. The summed E-state index contributed by atoms with van der Waals surface area (Å²) in [5.41, 5.74) is 10.8. The standard InChI is InChI=1S/C64H82N12O11S2/c1-38(2)60(63(79)75-37-51(86-64(80)83-40(4)41(5)88-89(6,81)82)30-55(75)62(78)68-39(3)44-13-11-42(33-65)12-14-44)57-32-58(71-87-57)73-25-18-43(19-26-73)34-72-23-20-48(21-24-72)84-49-28-50(29-49)85-59-27-45(17-22-67-59)76-46-15-16-47(76)36-74(35-46)54-31-53(69-70-61(54)66)52-9-7-8-10-56(52)77/h7-14,17,22,27,31-32,38-41,43,46-51,55,60,77H,15-16,18-21,23-26,28-30,34-37H2,1-6H3,(H2,66,70)(H,68,78)/t39-,40?,41?,46?,47?,49?,50?,51+,55-,60+/m0/s1. The van der Waals surface area contributed by atoms with E-state index in [0.29, 0.717) is 56.8 Å². The second-order valence-corrected chi connectivity index (χ2v) is 30.0. The van der Waals surface area contributed by atoms with Crippen LogP contribution in [0.25, 0.3) is 11.3 Å². The predicted octanol–water partition coefficient (Wildman–Crippen LogP) is 8.06. The number of hydrogen-bond donors (Lipinski definition) is 3. The molecule has 8 atom stereocenters. The van der Waals surface area contributed by atoms with Crippen LogP contribution in [0.4, 0.5) is 27.8 Å². The number of fused-ring (bicyclic) bond motifs is 2. The number of rotatable bonds is 21. The molecule has 6 aliphatic rings. The molecule has 0 spiro atoms. The third kappa shape index (κ3) is 15.1. The molecule has 4 unspecified atom stereocenters. The van der Waals surface area contributed by atoms with Crippen LogP contribution < -0.4 is 30.5 Å². The largest absolute Gasteiger partial charge is 0.508 e. The number of nitrogens with zero attached hydrogens (tertiary/aromatic N) is 10. The average molecular weight is 1260 g/mol. The van der Waals surface area contributed by atoms with Gasteiger partial charge in [-0.25, -0.2) is 18.2 Å². The lowest BCUT2D eigenvalue weighted by atomic mass is 9.91. The SMILES string of the molecule is CC(OC(=O)O[C@@H]1C[C@@H](C(=O)N[C@@H](C)c2ccc(C#N)cc2)N(C(=O)[C@@H](c2cc(N3CCC(CN4CCC(OC5CC(Oc6cc(N7C8CCC7CN(c7cc(-c9ccccc9O)nnc7N)C8)ccn6)C5)CC4)CC3)no2)C(C)C)C1)C(C)SS(C)(=O)=O. The number of aromatic hydroxyl groups is 1. The second-order valence-electron chi connectivity index (χ2n) is 25.3. The van der Waals surface area contributed by atoms with Crippen LogP contribution in [0.3, 0.4) is 0 Å². The Morgan fingerprint density at radius 1 is 0.843 bits per heavy atom. The molecule has 2 aromatic carbocycles. The van der Waals surface area contributed by atoms with E-state index in [4.69, 9.17) is 29.2 Å². The number of benzene rings is 2. The number of anilines is 4. The topological polar surface area (TPSA) is 285 Å². The van der Waals surface area contributed by atoms with Gasteiger partial charge in [0.2, 0.25) is 17.7 Å². The third-order valence-corrected chi connectivity index (χ3v) is 21.6. The quantitative estimate of drug-likeness (QED) is 0.0462. The van der Waals surface area contributed by atoms with Gasteiger partial charge >= 0.3 is 6.16 Å². The molecule has 8 heterocycles. The van der Waals surface area contributed by atoms with Crippen molar-refractivity contribution in [3.05, 3.63) is 95.9 Å². The maximum Gasteiger partial charge on any atom is 0.508 e. The molecule has 1 aliphatic carbocycles. The van der Waals surface area contributed by atoms with Gasteiger partial charge in [-0.2, -0.15) is 5.26 Å². The van der Waals surface area contributed by atoms with Crippen LogP contribution >= 0.6 is 10.8 Å². The van der Waals surface area contributed by atoms with E-state index in [1.165, 1.54) is 4.90 Å². The van der Waals surface area contributed by atoms with Crippen LogP contribution in [0, 0.1) is 23.2 Å². The van der Waals surface area contributed by atoms with E-state index in [9.17, 15) is 33.2 Å². The molecule has 25 heteroatoms. The molecule has 0 radical (unpaired) electrons. The van der Waals surface area contributed by atoms with Crippen LogP contribution in [0.15, 0.2) is 83.5 Å². The van der Waals surface area contributed by atoms with Gasteiger partial charge < -0.3 is 64.1 Å². The van der Waals surface area contributed by atoms with Crippen molar-refractivity contribution in [2.75, 3.05) is 79.0 Å². The van der Waals surface area contributed by atoms with Gasteiger partial charge in [0.05, 0.1) is 53.1 Å². The maximum atomic E-state index is 14.8. The van der Waals surface area contributed by atoms with Crippen LogP contribution in [-0.2, 0) is 32.7 Å². The molecule has 23 nitrogen and oxygen atoms in total. The zero-order chi connectivity index (χ0) is 62.7. The molecule has 476 valence electrons. The minimum absolute atomic E-state index is 0.00583. The molecule has 5 aromatic rings. The van der Waals surface area contributed by atoms with Crippen molar-refractivity contribution < 1.29 is 51.4 Å². The number of carbonyl (C=O) groups is 3. The summed E-state index contributed by atoms with van der Waals surface area (Å²) in [5.74, 6) is 0.832. The number of para-hydroxylation sites is 1. The fraction of sp³-hybridized carbons (Fsp3) is 0.562. The first-order chi connectivity index (χ1) is 42.7. The van der Waals surface area contributed by atoms with E-state index in [1.807, 2.05) is 51.2 Å². The smallest absolute Gasteiger partial charge is 0.507 e. The summed E-state index contributed by atoms with van der Waals surface area (Å²) in [6, 6.07) is 23.1. The normalized spacial score (nSPS) is 23.9. The van der Waals surface area contributed by atoms with E-state index in [-0.39, 0.29) is 60.9 Å². The molecule has 89 heavy (non-hydrogen) atoms. The Hall–Kier alpha value is -7.40. The monoisotopic (exact) mass is 1260 g/mol. The summed E-state index contributed by atoms with van der Waals surface area (Å²) >= 11 is 0. The third-order valence-electron chi connectivity index (χ3n) is 18.6. The highest BCUT2D eigenvalue weighted by molar-refractivity contribution is 8.72. The Bertz CT molecular complexity index is 3440. The Labute approximate surface area is 524 Å². The number of nitrogens with one attached hydrogen (secondary N) is 1. The Kier molecular flexibility index (Phi) is 19.4. The van der Waals surface area contributed by atoms with E-state index in [0.717, 1.165) is 120 Å². The minimum Gasteiger partial charge on any atom is -0.507 e. The molecular formula is C64H82N12O11S2. The summed E-state index contributed by atoms with van der Waals surface area (Å²) < 4.78 is 54.1. The zero-order valence-corrected chi connectivity index (χ0v) is 53.1. The minimum atomic E-state index is -3.41. The number of phenols is 1. The van der Waals surface area contributed by atoms with Crippen molar-refractivity contribution in [2.24, 2.45) is 11.8 Å². The van der Waals surface area contributed by atoms with E-state index in [1.54, 1.807) is 50.2 Å². The molecular weight excluding hydrogens is 1180 g/mol. The first-order valence-corrected chi connectivity index (χ1v) is 34.5. The van der Waals surface area contributed by atoms with Crippen molar-refractivity contribution in [1.29, 1.82) is 5.26 Å². The van der Waals surface area contributed by atoms with Crippen LogP contribution in [0.2, 0.25) is 0 Å². The highest BCUT2D eigenvalue weighted by Crippen LogP contribution is 2.41. The van der Waals surface area contributed by atoms with E-state index < -0.39 is 56.4 Å². The Morgan fingerprint density at radius 3 is 2.25 bits per heavy atom. The number of amides is 2. The average Bonchev–Trinajstić information content (AvgIpc) is 1.75. The number of piperazine rings is 1. The van der Waals surface area contributed by atoms with Gasteiger partial charge in [-0.1, -0.05) is 43.3 Å². The van der Waals surface area contributed by atoms with Crippen molar-refractivity contribution in [3.63, 3.8) is 0 Å². The van der Waals surface area contributed by atoms with Gasteiger partial charge in [-0.15, -0.1) is 10.2 Å². The highest BCUT2D eigenvalue weighted by Gasteiger charge is 2.47. The number of piperidine rings is 2. The summed E-state index contributed by atoms with van der Waals surface area (Å²) in [7, 11) is -2.74. The second kappa shape index (κ2) is 27.4. The molecule has 5 aliphatic heterocycles. The summed E-state index contributed by atoms with van der Waals surface area (Å²) in [6.45, 7) is 14.9.